The van der Waals surface area contributed by atoms with Crippen LogP contribution in [0.15, 0.2) is 66.7 Å². The Kier molecular flexibility index (Phi) is 8.39. The van der Waals surface area contributed by atoms with Crippen LogP contribution in [0.25, 0.3) is 22.5 Å². The van der Waals surface area contributed by atoms with E-state index in [1.165, 1.54) is 0 Å². The van der Waals surface area contributed by atoms with E-state index in [1.54, 1.807) is 12.1 Å². The van der Waals surface area contributed by atoms with Gasteiger partial charge in [-0.15, -0.1) is 11.5 Å². The van der Waals surface area contributed by atoms with Gasteiger partial charge in [-0.1, -0.05) is 76.1 Å². The summed E-state index contributed by atoms with van der Waals surface area (Å²) in [5, 5.41) is 20.4. The van der Waals surface area contributed by atoms with E-state index in [1.807, 2.05) is 42.5 Å². The monoisotopic (exact) mass is 507 g/mol. The minimum absolute atomic E-state index is 0.368. The fourth-order valence-electron chi connectivity index (χ4n) is 4.44. The summed E-state index contributed by atoms with van der Waals surface area (Å²) in [7, 11) is 0. The van der Waals surface area contributed by atoms with Crippen LogP contribution in [0.4, 0.5) is 21.9 Å². The summed E-state index contributed by atoms with van der Waals surface area (Å²) in [6.45, 7) is 10.5. The van der Waals surface area contributed by atoms with Crippen molar-refractivity contribution in [3.8, 4) is 34.9 Å². The molecule has 0 radical (unpaired) electrons. The number of carbonyl (C=O) groups excluding carboxylic acids is 1. The number of amides is 2. The van der Waals surface area contributed by atoms with E-state index < -0.39 is 0 Å². The highest BCUT2D eigenvalue weighted by molar-refractivity contribution is 6.03. The Bertz CT molecular complexity index is 1410. The van der Waals surface area contributed by atoms with E-state index in [9.17, 15) is 4.79 Å². The maximum Gasteiger partial charge on any atom is 0.323 e. The lowest BCUT2D eigenvalue weighted by atomic mass is 9.97. The van der Waals surface area contributed by atoms with Crippen LogP contribution in [-0.4, -0.2) is 39.7 Å². The van der Waals surface area contributed by atoms with Gasteiger partial charge in [-0.25, -0.2) is 9.89 Å². The number of rotatable bonds is 9. The van der Waals surface area contributed by atoms with Crippen LogP contribution in [0.1, 0.15) is 33.3 Å². The van der Waals surface area contributed by atoms with Gasteiger partial charge < -0.3 is 15.5 Å². The fraction of sp³-hybridized carbons (Fsp3) is 0.267. The number of tetrazole rings is 1. The highest BCUT2D eigenvalue weighted by atomic mass is 16.2. The van der Waals surface area contributed by atoms with Crippen LogP contribution in [0.2, 0.25) is 0 Å². The topological polar surface area (TPSA) is 98.8 Å². The molecule has 0 atom stereocenters. The summed E-state index contributed by atoms with van der Waals surface area (Å²) in [5.74, 6) is 4.08. The molecule has 0 unspecified atom stereocenters. The van der Waals surface area contributed by atoms with Crippen molar-refractivity contribution in [3.05, 3.63) is 72.3 Å². The van der Waals surface area contributed by atoms with Crippen LogP contribution >= 0.6 is 0 Å². The largest absolute Gasteiger partial charge is 0.369 e. The number of aromatic amines is 1. The van der Waals surface area contributed by atoms with Gasteiger partial charge in [0, 0.05) is 24.2 Å². The van der Waals surface area contributed by atoms with Crippen molar-refractivity contribution >= 4 is 23.1 Å². The van der Waals surface area contributed by atoms with E-state index in [0.717, 1.165) is 35.5 Å². The molecule has 0 saturated heterocycles. The molecule has 1 aromatic heterocycles. The molecule has 0 fully saturated rings. The number of hydrogen-bond donors (Lipinski definition) is 3. The molecule has 0 saturated carbocycles. The zero-order valence-electron chi connectivity index (χ0n) is 22.2. The van der Waals surface area contributed by atoms with Crippen molar-refractivity contribution in [2.45, 2.75) is 27.7 Å². The molecule has 8 nitrogen and oxygen atoms in total. The SMILES string of the molecule is C#Cc1ccccc1NC(=O)Nc1cc(-c2ccccc2-c2nnn[nH]2)ccc1N(CC(C)C)CC(C)C. The lowest BCUT2D eigenvalue weighted by Crippen LogP contribution is -2.32. The van der Waals surface area contributed by atoms with Crippen LogP contribution in [0, 0.1) is 24.2 Å². The maximum absolute atomic E-state index is 13.2. The second-order valence-electron chi connectivity index (χ2n) is 9.99. The molecule has 3 N–H and O–H groups in total. The zero-order valence-corrected chi connectivity index (χ0v) is 22.2. The minimum atomic E-state index is -0.368. The minimum Gasteiger partial charge on any atom is -0.369 e. The standard InChI is InChI=1S/C30H33N7O/c1-6-22-11-7-10-14-26(22)31-30(38)32-27-17-23(15-16-28(27)37(18-20(2)3)19-21(4)5)24-12-8-9-13-25(24)29-33-35-36-34-29/h1,7-17,20-21H,18-19H2,2-5H3,(H2,31,32,38)(H,33,34,35,36). The Balaban J connectivity index is 1.76. The second kappa shape index (κ2) is 12.1. The number of anilines is 3. The molecule has 0 aliphatic heterocycles. The number of urea groups is 1. The van der Waals surface area contributed by atoms with Crippen LogP contribution in [0.5, 0.6) is 0 Å². The Morgan fingerprint density at radius 3 is 2.24 bits per heavy atom. The number of carbonyl (C=O) groups is 1. The summed E-state index contributed by atoms with van der Waals surface area (Å²) in [4.78, 5) is 15.6. The molecule has 0 aliphatic rings. The smallest absolute Gasteiger partial charge is 0.323 e. The lowest BCUT2D eigenvalue weighted by Gasteiger charge is -2.31. The Morgan fingerprint density at radius 2 is 1.58 bits per heavy atom. The number of para-hydroxylation sites is 1. The van der Waals surface area contributed by atoms with Crippen molar-refractivity contribution in [2.24, 2.45) is 11.8 Å². The van der Waals surface area contributed by atoms with Gasteiger partial charge in [0.05, 0.1) is 17.1 Å². The molecule has 0 spiro atoms. The first kappa shape index (κ1) is 26.4. The Hall–Kier alpha value is -4.64. The summed E-state index contributed by atoms with van der Waals surface area (Å²) in [6, 6.07) is 20.9. The van der Waals surface area contributed by atoms with Crippen LogP contribution < -0.4 is 15.5 Å². The van der Waals surface area contributed by atoms with Gasteiger partial charge in [0.15, 0.2) is 5.82 Å². The van der Waals surface area contributed by atoms with Crippen molar-refractivity contribution < 1.29 is 4.79 Å². The predicted molar refractivity (Wildman–Crippen MR) is 154 cm³/mol. The Morgan fingerprint density at radius 1 is 0.921 bits per heavy atom. The predicted octanol–water partition coefficient (Wildman–Crippen LogP) is 6.28. The molecule has 38 heavy (non-hydrogen) atoms. The molecule has 4 rings (SSSR count). The summed E-state index contributed by atoms with van der Waals surface area (Å²) >= 11 is 0. The third-order valence-corrected chi connectivity index (χ3v) is 5.93. The number of H-pyrrole nitrogens is 1. The van der Waals surface area contributed by atoms with E-state index >= 15 is 0 Å². The van der Waals surface area contributed by atoms with Crippen molar-refractivity contribution in [1.29, 1.82) is 0 Å². The molecule has 0 bridgehead atoms. The van der Waals surface area contributed by atoms with Gasteiger partial charge in [0.25, 0.3) is 0 Å². The number of benzene rings is 3. The average Bonchev–Trinajstić information content (AvgIpc) is 3.43. The van der Waals surface area contributed by atoms with Gasteiger partial charge >= 0.3 is 6.03 Å². The zero-order chi connectivity index (χ0) is 27.1. The summed E-state index contributed by atoms with van der Waals surface area (Å²) < 4.78 is 0. The van der Waals surface area contributed by atoms with Crippen molar-refractivity contribution in [3.63, 3.8) is 0 Å². The third-order valence-electron chi connectivity index (χ3n) is 5.93. The number of nitrogens with one attached hydrogen (secondary N) is 3. The third kappa shape index (κ3) is 6.37. The fourth-order valence-corrected chi connectivity index (χ4v) is 4.44. The quantitative estimate of drug-likeness (QED) is 0.232. The molecule has 2 amide bonds. The highest BCUT2D eigenvalue weighted by Crippen LogP contribution is 2.36. The number of hydrogen-bond acceptors (Lipinski definition) is 5. The first-order valence-electron chi connectivity index (χ1n) is 12.7. The number of terminal acetylenes is 1. The molecule has 8 heteroatoms. The number of nitrogens with zero attached hydrogens (tertiary/aromatic N) is 4. The van der Waals surface area contributed by atoms with Crippen molar-refractivity contribution in [1.82, 2.24) is 20.6 Å². The molecular formula is C30H33N7O. The van der Waals surface area contributed by atoms with Crippen LogP contribution in [0.3, 0.4) is 0 Å². The van der Waals surface area contributed by atoms with Gasteiger partial charge in [-0.3, -0.25) is 0 Å². The molecule has 194 valence electrons. The van der Waals surface area contributed by atoms with Crippen LogP contribution in [-0.2, 0) is 0 Å². The van der Waals surface area contributed by atoms with Gasteiger partial charge in [-0.05, 0) is 57.7 Å². The first-order chi connectivity index (χ1) is 18.4. The number of aromatic nitrogens is 4. The van der Waals surface area contributed by atoms with Gasteiger partial charge in [0.2, 0.25) is 0 Å². The first-order valence-corrected chi connectivity index (χ1v) is 12.7. The molecule has 3 aromatic carbocycles. The average molecular weight is 508 g/mol. The second-order valence-corrected chi connectivity index (χ2v) is 9.99. The molecule has 1 heterocycles. The van der Waals surface area contributed by atoms with E-state index in [2.05, 4.69) is 81.9 Å². The summed E-state index contributed by atoms with van der Waals surface area (Å²) in [5.41, 5.74) is 5.58. The van der Waals surface area contributed by atoms with E-state index in [0.29, 0.717) is 34.6 Å². The molecular weight excluding hydrogens is 474 g/mol. The Labute approximate surface area is 223 Å². The molecule has 4 aromatic rings. The maximum atomic E-state index is 13.2. The van der Waals surface area contributed by atoms with Gasteiger partial charge in [0.1, 0.15) is 0 Å². The lowest BCUT2D eigenvalue weighted by molar-refractivity contribution is 0.262. The molecule has 0 aliphatic carbocycles. The highest BCUT2D eigenvalue weighted by Gasteiger charge is 2.19. The van der Waals surface area contributed by atoms with Gasteiger partial charge in [-0.2, -0.15) is 0 Å². The normalized spacial score (nSPS) is 10.9. The summed E-state index contributed by atoms with van der Waals surface area (Å²) in [6.07, 6.45) is 5.63. The van der Waals surface area contributed by atoms with E-state index in [-0.39, 0.29) is 6.03 Å². The van der Waals surface area contributed by atoms with E-state index in [4.69, 9.17) is 6.42 Å². The van der Waals surface area contributed by atoms with Crippen molar-refractivity contribution in [2.75, 3.05) is 28.6 Å².